The van der Waals surface area contributed by atoms with Crippen molar-refractivity contribution in [3.8, 4) is 17.0 Å². The first-order chi connectivity index (χ1) is 14.1. The topological polar surface area (TPSA) is 84.8 Å². The zero-order valence-electron chi connectivity index (χ0n) is 17.1. The number of anilines is 1. The van der Waals surface area contributed by atoms with Crippen molar-refractivity contribution in [1.82, 2.24) is 9.97 Å². The lowest BCUT2D eigenvalue weighted by Gasteiger charge is -2.33. The average Bonchev–Trinajstić information content (AvgIpc) is 2.76. The third-order valence-electron chi connectivity index (χ3n) is 5.14. The molecular weight excluding hydrogens is 370 g/mol. The minimum Gasteiger partial charge on any atom is -0.497 e. The summed E-state index contributed by atoms with van der Waals surface area (Å²) >= 11 is 0. The van der Waals surface area contributed by atoms with Crippen molar-refractivity contribution in [2.45, 2.75) is 45.1 Å². The van der Waals surface area contributed by atoms with E-state index in [-0.39, 0.29) is 12.7 Å². The van der Waals surface area contributed by atoms with Crippen LogP contribution in [0.4, 0.5) is 5.82 Å². The van der Waals surface area contributed by atoms with Gasteiger partial charge in [0.15, 0.2) is 5.82 Å². The molecule has 0 unspecified atom stereocenters. The van der Waals surface area contributed by atoms with Crippen molar-refractivity contribution in [3.05, 3.63) is 36.2 Å². The maximum absolute atomic E-state index is 10.7. The van der Waals surface area contributed by atoms with Gasteiger partial charge in [-0.25, -0.2) is 9.78 Å². The number of aromatic nitrogens is 2. The Morgan fingerprint density at radius 3 is 2.59 bits per heavy atom. The van der Waals surface area contributed by atoms with E-state index in [2.05, 4.69) is 11.8 Å². The van der Waals surface area contributed by atoms with Gasteiger partial charge in [0, 0.05) is 24.8 Å². The molecule has 29 heavy (non-hydrogen) atoms. The van der Waals surface area contributed by atoms with Gasteiger partial charge in [0.25, 0.3) is 0 Å². The van der Waals surface area contributed by atoms with Crippen LogP contribution in [-0.4, -0.2) is 54.0 Å². The number of hydrogen-bond donors (Lipinski definition) is 1. The third kappa shape index (κ3) is 5.67. The van der Waals surface area contributed by atoms with Crippen molar-refractivity contribution < 1.29 is 19.4 Å². The maximum Gasteiger partial charge on any atom is 0.329 e. The monoisotopic (exact) mass is 399 g/mol. The summed E-state index contributed by atoms with van der Waals surface area (Å²) in [5, 5.41) is 8.81. The molecule has 3 rings (SSSR count). The lowest BCUT2D eigenvalue weighted by Crippen LogP contribution is -2.38. The normalized spacial score (nSPS) is 14.8. The van der Waals surface area contributed by atoms with Crippen LogP contribution in [0.2, 0.25) is 0 Å². The van der Waals surface area contributed by atoms with Gasteiger partial charge in [0.1, 0.15) is 18.1 Å². The van der Waals surface area contributed by atoms with Crippen LogP contribution in [-0.2, 0) is 16.0 Å². The number of carbonyl (C=O) groups is 1. The van der Waals surface area contributed by atoms with Crippen LogP contribution < -0.4 is 9.64 Å². The second kappa shape index (κ2) is 10.2. The fraction of sp³-hybridized carbons (Fsp3) is 0.500. The molecule has 1 N–H and O–H groups in total. The second-order valence-electron chi connectivity index (χ2n) is 7.26. The van der Waals surface area contributed by atoms with E-state index < -0.39 is 5.97 Å². The van der Waals surface area contributed by atoms with Gasteiger partial charge in [-0.15, -0.1) is 0 Å². The van der Waals surface area contributed by atoms with E-state index in [1.165, 1.54) is 0 Å². The van der Waals surface area contributed by atoms with Gasteiger partial charge in [-0.3, -0.25) is 4.98 Å². The van der Waals surface area contributed by atoms with E-state index in [0.29, 0.717) is 0 Å². The molecular formula is C22H29N3O4. The highest BCUT2D eigenvalue weighted by Gasteiger charge is 2.24. The summed E-state index contributed by atoms with van der Waals surface area (Å²) in [6.07, 6.45) is 6.51. The maximum atomic E-state index is 10.7. The Morgan fingerprint density at radius 1 is 1.24 bits per heavy atom. The molecule has 2 heterocycles. The molecule has 2 aromatic rings. The molecule has 0 saturated carbocycles. The molecule has 0 spiro atoms. The molecule has 156 valence electrons. The summed E-state index contributed by atoms with van der Waals surface area (Å²) in [6, 6.07) is 7.86. The number of hydrogen-bond acceptors (Lipinski definition) is 6. The Labute approximate surface area is 171 Å². The van der Waals surface area contributed by atoms with Gasteiger partial charge < -0.3 is 19.5 Å². The smallest absolute Gasteiger partial charge is 0.329 e. The summed E-state index contributed by atoms with van der Waals surface area (Å²) in [4.78, 5) is 22.7. The number of piperidine rings is 1. The molecule has 1 aliphatic heterocycles. The fourth-order valence-electron chi connectivity index (χ4n) is 3.49. The van der Waals surface area contributed by atoms with Crippen molar-refractivity contribution in [1.29, 1.82) is 0 Å². The second-order valence-corrected chi connectivity index (χ2v) is 7.26. The zero-order valence-corrected chi connectivity index (χ0v) is 17.1. The summed E-state index contributed by atoms with van der Waals surface area (Å²) < 4.78 is 10.7. The van der Waals surface area contributed by atoms with Crippen LogP contribution in [0.5, 0.6) is 5.75 Å². The molecule has 0 amide bonds. The predicted octanol–water partition coefficient (Wildman–Crippen LogP) is 3.56. The number of ether oxygens (including phenoxy) is 2. The number of carboxylic acid groups (broad SMARTS) is 1. The molecule has 1 fully saturated rings. The van der Waals surface area contributed by atoms with Gasteiger partial charge in [-0.2, -0.15) is 0 Å². The Hall–Kier alpha value is -2.67. The zero-order chi connectivity index (χ0) is 20.6. The average molecular weight is 399 g/mol. The molecule has 0 atom stereocenters. The quantitative estimate of drug-likeness (QED) is 0.690. The van der Waals surface area contributed by atoms with Gasteiger partial charge in [-0.1, -0.05) is 13.3 Å². The van der Waals surface area contributed by atoms with Crippen LogP contribution in [0.3, 0.4) is 0 Å². The van der Waals surface area contributed by atoms with E-state index >= 15 is 0 Å². The summed E-state index contributed by atoms with van der Waals surface area (Å²) in [5.74, 6) is 0.767. The summed E-state index contributed by atoms with van der Waals surface area (Å²) in [5.41, 5.74) is 2.86. The van der Waals surface area contributed by atoms with E-state index in [1.807, 2.05) is 30.5 Å². The van der Waals surface area contributed by atoms with Crippen molar-refractivity contribution in [2.24, 2.45) is 0 Å². The minimum absolute atomic E-state index is 0.0250. The number of nitrogens with zero attached hydrogens (tertiary/aromatic N) is 3. The van der Waals surface area contributed by atoms with E-state index in [4.69, 9.17) is 24.5 Å². The highest BCUT2D eigenvalue weighted by atomic mass is 16.5. The highest BCUT2D eigenvalue weighted by Crippen LogP contribution is 2.31. The van der Waals surface area contributed by atoms with E-state index in [1.54, 1.807) is 7.11 Å². The van der Waals surface area contributed by atoms with Gasteiger partial charge >= 0.3 is 5.97 Å². The first-order valence-corrected chi connectivity index (χ1v) is 10.2. The summed E-state index contributed by atoms with van der Waals surface area (Å²) in [7, 11) is 1.65. The van der Waals surface area contributed by atoms with Crippen LogP contribution in [0.1, 0.15) is 38.3 Å². The van der Waals surface area contributed by atoms with E-state index in [9.17, 15) is 4.79 Å². The standard InChI is InChI=1S/C22H29N3O4/c1-3-4-5-17-14-23-21(16-6-8-18(28-2)9-7-16)22(24-17)25-12-10-19(11-13-25)29-15-20(26)27/h6-9,14,19H,3-5,10-13,15H2,1-2H3,(H,26,27). The minimum atomic E-state index is -0.927. The van der Waals surface area contributed by atoms with Crippen molar-refractivity contribution in [2.75, 3.05) is 31.7 Å². The predicted molar refractivity (Wildman–Crippen MR) is 111 cm³/mol. The third-order valence-corrected chi connectivity index (χ3v) is 5.14. The molecule has 1 aromatic heterocycles. The van der Waals surface area contributed by atoms with E-state index in [0.717, 1.165) is 73.7 Å². The number of rotatable bonds is 9. The number of benzene rings is 1. The number of unbranched alkanes of at least 4 members (excludes halogenated alkanes) is 1. The van der Waals surface area contributed by atoms with Crippen molar-refractivity contribution >= 4 is 11.8 Å². The van der Waals surface area contributed by atoms with Crippen LogP contribution in [0, 0.1) is 0 Å². The van der Waals surface area contributed by atoms with Gasteiger partial charge in [0.05, 0.1) is 18.9 Å². The summed E-state index contributed by atoms with van der Waals surface area (Å²) in [6.45, 7) is 3.45. The molecule has 0 aliphatic carbocycles. The molecule has 1 saturated heterocycles. The Balaban J connectivity index is 1.81. The van der Waals surface area contributed by atoms with Gasteiger partial charge in [-0.05, 0) is 49.9 Å². The molecule has 7 nitrogen and oxygen atoms in total. The molecule has 0 bridgehead atoms. The van der Waals surface area contributed by atoms with Crippen LogP contribution in [0.15, 0.2) is 30.5 Å². The molecule has 1 aromatic carbocycles. The molecule has 7 heteroatoms. The highest BCUT2D eigenvalue weighted by molar-refractivity contribution is 5.72. The number of methoxy groups -OCH3 is 1. The van der Waals surface area contributed by atoms with Gasteiger partial charge in [0.2, 0.25) is 0 Å². The largest absolute Gasteiger partial charge is 0.497 e. The van der Waals surface area contributed by atoms with Crippen molar-refractivity contribution in [3.63, 3.8) is 0 Å². The number of aryl methyl sites for hydroxylation is 1. The lowest BCUT2D eigenvalue weighted by molar-refractivity contribution is -0.144. The number of aliphatic carboxylic acids is 1. The SMILES string of the molecule is CCCCc1cnc(-c2ccc(OC)cc2)c(N2CCC(OCC(=O)O)CC2)n1. The Kier molecular flexibility index (Phi) is 7.41. The first kappa shape index (κ1) is 21.0. The fourth-order valence-corrected chi connectivity index (χ4v) is 3.49. The lowest BCUT2D eigenvalue weighted by atomic mass is 10.1. The molecule has 0 radical (unpaired) electrons. The molecule has 1 aliphatic rings. The van der Waals surface area contributed by atoms with Crippen LogP contribution in [0.25, 0.3) is 11.3 Å². The van der Waals surface area contributed by atoms with Crippen LogP contribution >= 0.6 is 0 Å². The Morgan fingerprint density at radius 2 is 1.97 bits per heavy atom. The number of carboxylic acids is 1. The first-order valence-electron chi connectivity index (χ1n) is 10.2. The Bertz CT molecular complexity index is 802.